The van der Waals surface area contributed by atoms with Gasteiger partial charge in [0.15, 0.2) is 0 Å². The second-order valence-electron chi connectivity index (χ2n) is 3.78. The first-order chi connectivity index (χ1) is 5.56. The van der Waals surface area contributed by atoms with Crippen molar-refractivity contribution in [1.82, 2.24) is 0 Å². The zero-order valence-electron chi connectivity index (χ0n) is 7.28. The van der Waals surface area contributed by atoms with Crippen LogP contribution in [-0.4, -0.2) is 19.8 Å². The largest absolute Gasteiger partial charge is 0.474 e. The molecule has 0 amide bonds. The van der Waals surface area contributed by atoms with Crippen molar-refractivity contribution < 1.29 is 18.1 Å². The van der Waals surface area contributed by atoms with Gasteiger partial charge in [-0.3, -0.25) is 13.6 Å². The molecule has 3 saturated heterocycles. The fourth-order valence-corrected chi connectivity index (χ4v) is 2.83. The minimum Gasteiger partial charge on any atom is -0.286 e. The number of phosphoric acid groups is 1. The Kier molecular flexibility index (Phi) is 1.85. The Balaban J connectivity index is 2.20. The van der Waals surface area contributed by atoms with E-state index in [-0.39, 0.29) is 5.41 Å². The first kappa shape index (κ1) is 8.70. The highest BCUT2D eigenvalue weighted by atomic mass is 31.2. The van der Waals surface area contributed by atoms with Crippen LogP contribution in [0.25, 0.3) is 0 Å². The molecular weight excluding hydrogens is 179 g/mol. The Hall–Kier alpha value is 0.110. The smallest absolute Gasteiger partial charge is 0.286 e. The molecule has 3 rings (SSSR count). The Morgan fingerprint density at radius 3 is 1.92 bits per heavy atom. The van der Waals surface area contributed by atoms with Crippen molar-refractivity contribution >= 4 is 7.82 Å². The van der Waals surface area contributed by atoms with Gasteiger partial charge in [0.1, 0.15) is 0 Å². The molecule has 3 fully saturated rings. The van der Waals surface area contributed by atoms with Crippen LogP contribution in [0.15, 0.2) is 0 Å². The molecular formula is C7H13O4P. The average molecular weight is 192 g/mol. The van der Waals surface area contributed by atoms with E-state index in [9.17, 15) is 4.57 Å². The van der Waals surface area contributed by atoms with Crippen LogP contribution in [0.4, 0.5) is 0 Å². The highest BCUT2D eigenvalue weighted by Crippen LogP contribution is 2.61. The van der Waals surface area contributed by atoms with Crippen LogP contribution in [0.2, 0.25) is 0 Å². The third kappa shape index (κ3) is 1.14. The maximum absolute atomic E-state index is 11.3. The van der Waals surface area contributed by atoms with E-state index in [1.165, 1.54) is 0 Å². The number of rotatable bonds is 1. The molecule has 70 valence electrons. The Bertz CT molecular complexity index is 206. The van der Waals surface area contributed by atoms with Crippen molar-refractivity contribution in [3.8, 4) is 0 Å². The SMILES string of the molecule is CC(C)C12COP(=O)(OC1)OC2. The summed E-state index contributed by atoms with van der Waals surface area (Å²) in [6.45, 7) is 5.70. The van der Waals surface area contributed by atoms with Crippen LogP contribution in [0.1, 0.15) is 13.8 Å². The molecule has 0 N–H and O–H groups in total. The molecule has 0 aromatic carbocycles. The van der Waals surface area contributed by atoms with Gasteiger partial charge >= 0.3 is 7.82 Å². The van der Waals surface area contributed by atoms with Crippen molar-refractivity contribution in [1.29, 1.82) is 0 Å². The topological polar surface area (TPSA) is 44.8 Å². The summed E-state index contributed by atoms with van der Waals surface area (Å²) in [5.41, 5.74) is -0.0772. The molecule has 3 aliphatic rings. The lowest BCUT2D eigenvalue weighted by Gasteiger charge is -2.46. The molecule has 0 aromatic heterocycles. The van der Waals surface area contributed by atoms with Crippen LogP contribution in [0.5, 0.6) is 0 Å². The summed E-state index contributed by atoms with van der Waals surface area (Å²) in [4.78, 5) is 0. The molecule has 4 nitrogen and oxygen atoms in total. The maximum atomic E-state index is 11.3. The van der Waals surface area contributed by atoms with Gasteiger partial charge in [-0.1, -0.05) is 13.8 Å². The van der Waals surface area contributed by atoms with Crippen molar-refractivity contribution in [2.45, 2.75) is 13.8 Å². The second-order valence-corrected chi connectivity index (χ2v) is 5.45. The highest BCUT2D eigenvalue weighted by Gasteiger charge is 2.51. The summed E-state index contributed by atoms with van der Waals surface area (Å²) in [5.74, 6) is 0.423. The van der Waals surface area contributed by atoms with Gasteiger partial charge in [0, 0.05) is 5.41 Å². The molecule has 5 heteroatoms. The summed E-state index contributed by atoms with van der Waals surface area (Å²) >= 11 is 0. The molecule has 0 saturated carbocycles. The quantitative estimate of drug-likeness (QED) is 0.594. The second kappa shape index (κ2) is 2.55. The molecule has 2 bridgehead atoms. The van der Waals surface area contributed by atoms with Crippen LogP contribution < -0.4 is 0 Å². The number of fused-ring (bicyclic) bond motifs is 3. The van der Waals surface area contributed by atoms with Gasteiger partial charge in [0.05, 0.1) is 19.8 Å². The zero-order chi connectivity index (χ0) is 8.82. The van der Waals surface area contributed by atoms with Crippen LogP contribution in [0.3, 0.4) is 0 Å². The number of phosphoric ester groups is 1. The van der Waals surface area contributed by atoms with Crippen molar-refractivity contribution in [2.75, 3.05) is 19.8 Å². The summed E-state index contributed by atoms with van der Waals surface area (Å²) in [7, 11) is -3.11. The van der Waals surface area contributed by atoms with E-state index in [0.717, 1.165) is 0 Å². The fourth-order valence-electron chi connectivity index (χ4n) is 1.36. The van der Waals surface area contributed by atoms with Gasteiger partial charge in [0.25, 0.3) is 0 Å². The molecule has 3 heterocycles. The number of hydrogen-bond acceptors (Lipinski definition) is 4. The lowest BCUT2D eigenvalue weighted by molar-refractivity contribution is -0.115. The van der Waals surface area contributed by atoms with E-state index < -0.39 is 7.82 Å². The Morgan fingerprint density at radius 2 is 1.58 bits per heavy atom. The van der Waals surface area contributed by atoms with E-state index in [1.54, 1.807) is 0 Å². The molecule has 0 unspecified atom stereocenters. The molecule has 12 heavy (non-hydrogen) atoms. The summed E-state index contributed by atoms with van der Waals surface area (Å²) in [6, 6.07) is 0. The Labute approximate surface area is 71.8 Å². The van der Waals surface area contributed by atoms with Crippen LogP contribution in [0, 0.1) is 11.3 Å². The minimum atomic E-state index is -3.11. The highest BCUT2D eigenvalue weighted by molar-refractivity contribution is 7.48. The first-order valence-electron chi connectivity index (χ1n) is 4.10. The number of hydrogen-bond donors (Lipinski definition) is 0. The van der Waals surface area contributed by atoms with Crippen molar-refractivity contribution in [3.05, 3.63) is 0 Å². The van der Waals surface area contributed by atoms with Crippen molar-refractivity contribution in [3.63, 3.8) is 0 Å². The molecule has 0 aromatic rings. The molecule has 0 radical (unpaired) electrons. The average Bonchev–Trinajstić information content (AvgIpc) is 2.06. The normalized spacial score (nSPS) is 46.9. The molecule has 0 spiro atoms. The third-order valence-corrected chi connectivity index (χ3v) is 4.09. The van der Waals surface area contributed by atoms with Gasteiger partial charge in [0.2, 0.25) is 0 Å². The van der Waals surface area contributed by atoms with Gasteiger partial charge < -0.3 is 0 Å². The third-order valence-electron chi connectivity index (χ3n) is 2.76. The standard InChI is InChI=1S/C7H13O4P/c1-6(2)7-3-9-12(8,10-4-7)11-5-7/h6H,3-5H2,1-2H3. The van der Waals surface area contributed by atoms with Gasteiger partial charge in [-0.05, 0) is 5.92 Å². The lowest BCUT2D eigenvalue weighted by Crippen LogP contribution is -2.48. The summed E-state index contributed by atoms with van der Waals surface area (Å²) < 4.78 is 26.5. The molecule has 3 aliphatic heterocycles. The molecule has 0 aliphatic carbocycles. The minimum absolute atomic E-state index is 0.0772. The van der Waals surface area contributed by atoms with Crippen LogP contribution >= 0.6 is 7.82 Å². The van der Waals surface area contributed by atoms with E-state index in [2.05, 4.69) is 13.8 Å². The van der Waals surface area contributed by atoms with Crippen molar-refractivity contribution in [2.24, 2.45) is 11.3 Å². The maximum Gasteiger partial charge on any atom is 0.474 e. The van der Waals surface area contributed by atoms with E-state index in [0.29, 0.717) is 25.7 Å². The van der Waals surface area contributed by atoms with Gasteiger partial charge in [-0.25, -0.2) is 4.57 Å². The predicted molar refractivity (Wildman–Crippen MR) is 42.7 cm³/mol. The summed E-state index contributed by atoms with van der Waals surface area (Å²) in [5, 5.41) is 0. The fraction of sp³-hybridized carbons (Fsp3) is 1.00. The van der Waals surface area contributed by atoms with Gasteiger partial charge in [-0.2, -0.15) is 0 Å². The Morgan fingerprint density at radius 1 is 1.17 bits per heavy atom. The monoisotopic (exact) mass is 192 g/mol. The van der Waals surface area contributed by atoms with E-state index in [4.69, 9.17) is 13.6 Å². The lowest BCUT2D eigenvalue weighted by atomic mass is 9.79. The molecule has 0 atom stereocenters. The van der Waals surface area contributed by atoms with E-state index >= 15 is 0 Å². The first-order valence-corrected chi connectivity index (χ1v) is 5.56. The van der Waals surface area contributed by atoms with Gasteiger partial charge in [-0.15, -0.1) is 0 Å². The van der Waals surface area contributed by atoms with E-state index in [1.807, 2.05) is 0 Å². The van der Waals surface area contributed by atoms with Crippen LogP contribution in [-0.2, 0) is 18.1 Å². The zero-order valence-corrected chi connectivity index (χ0v) is 8.17. The summed E-state index contributed by atoms with van der Waals surface area (Å²) in [6.07, 6.45) is 0. The predicted octanol–water partition coefficient (Wildman–Crippen LogP) is 1.81.